The molecule has 2 N–H and O–H groups in total. The quantitative estimate of drug-likeness (QED) is 0.518. The predicted molar refractivity (Wildman–Crippen MR) is 113 cm³/mol. The van der Waals surface area contributed by atoms with Crippen LogP contribution in [-0.2, 0) is 20.1 Å². The Labute approximate surface area is 170 Å². The van der Waals surface area contributed by atoms with Gasteiger partial charge in [0, 0.05) is 19.0 Å². The van der Waals surface area contributed by atoms with Crippen molar-refractivity contribution in [3.8, 4) is 5.75 Å². The number of aryl methyl sites for hydroxylation is 1. The van der Waals surface area contributed by atoms with Crippen molar-refractivity contribution >= 4 is 5.96 Å². The Hall–Kier alpha value is -3.35. The molecule has 1 atom stereocenters. The number of para-hydroxylation sites is 1. The molecule has 0 saturated heterocycles. The molecule has 1 unspecified atom stereocenters. The highest BCUT2D eigenvalue weighted by molar-refractivity contribution is 5.80. The molecule has 7 nitrogen and oxygen atoms in total. The summed E-state index contributed by atoms with van der Waals surface area (Å²) >= 11 is 0. The summed E-state index contributed by atoms with van der Waals surface area (Å²) in [4.78, 5) is 4.81. The molecule has 0 bridgehead atoms. The highest BCUT2D eigenvalue weighted by Crippen LogP contribution is 2.31. The van der Waals surface area contributed by atoms with E-state index in [0.717, 1.165) is 40.9 Å². The lowest BCUT2D eigenvalue weighted by atomic mass is 10.0. The van der Waals surface area contributed by atoms with Gasteiger partial charge >= 0.3 is 0 Å². The third-order valence-corrected chi connectivity index (χ3v) is 5.13. The van der Waals surface area contributed by atoms with Crippen molar-refractivity contribution < 1.29 is 4.74 Å². The molecule has 4 rings (SSSR count). The van der Waals surface area contributed by atoms with Crippen LogP contribution >= 0.6 is 0 Å². The normalized spacial score (nSPS) is 16.1. The molecule has 3 aromatic rings. The molecule has 0 spiro atoms. The van der Waals surface area contributed by atoms with Crippen LogP contribution in [0.4, 0.5) is 0 Å². The van der Waals surface area contributed by atoms with Gasteiger partial charge < -0.3 is 19.9 Å². The Balaban J connectivity index is 1.52. The van der Waals surface area contributed by atoms with Crippen LogP contribution in [0.2, 0.25) is 0 Å². The first-order valence-corrected chi connectivity index (χ1v) is 9.86. The number of nitrogens with one attached hydrogen (secondary N) is 2. The molecular weight excluding hydrogens is 364 g/mol. The predicted octanol–water partition coefficient (Wildman–Crippen LogP) is 2.88. The molecule has 1 aliphatic rings. The maximum Gasteiger partial charge on any atom is 0.192 e. The van der Waals surface area contributed by atoms with Crippen molar-refractivity contribution in [3.63, 3.8) is 0 Å². The number of guanidine groups is 1. The second-order valence-corrected chi connectivity index (χ2v) is 7.10. The minimum atomic E-state index is 0.142. The van der Waals surface area contributed by atoms with Crippen LogP contribution < -0.4 is 15.4 Å². The van der Waals surface area contributed by atoms with Crippen molar-refractivity contribution in [2.24, 2.45) is 12.0 Å². The highest BCUT2D eigenvalue weighted by atomic mass is 16.5. The van der Waals surface area contributed by atoms with E-state index in [0.29, 0.717) is 19.7 Å². The van der Waals surface area contributed by atoms with E-state index in [9.17, 15) is 0 Å². The van der Waals surface area contributed by atoms with E-state index in [1.807, 2.05) is 54.9 Å². The van der Waals surface area contributed by atoms with Gasteiger partial charge in [-0.05, 0) is 18.6 Å². The summed E-state index contributed by atoms with van der Waals surface area (Å²) in [6, 6.07) is 18.5. The number of aliphatic imine (C=N–C) groups is 1. The van der Waals surface area contributed by atoms with Gasteiger partial charge in [-0.1, -0.05) is 48.5 Å². The van der Waals surface area contributed by atoms with Crippen LogP contribution in [0.5, 0.6) is 5.75 Å². The SMILES string of the molecule is Cc1nnc(CNC(=NCc2ccccc2)NC2CCOc3ccccc32)n1C. The van der Waals surface area contributed by atoms with Crippen LogP contribution in [-0.4, -0.2) is 27.3 Å². The van der Waals surface area contributed by atoms with E-state index in [1.165, 1.54) is 0 Å². The summed E-state index contributed by atoms with van der Waals surface area (Å²) in [7, 11) is 1.97. The summed E-state index contributed by atoms with van der Waals surface area (Å²) in [5, 5.41) is 15.4. The zero-order chi connectivity index (χ0) is 20.1. The third kappa shape index (κ3) is 4.56. The number of rotatable bonds is 5. The van der Waals surface area contributed by atoms with Gasteiger partial charge in [-0.25, -0.2) is 4.99 Å². The van der Waals surface area contributed by atoms with Crippen LogP contribution in [0.1, 0.15) is 35.2 Å². The number of benzene rings is 2. The minimum absolute atomic E-state index is 0.142. The van der Waals surface area contributed by atoms with E-state index < -0.39 is 0 Å². The van der Waals surface area contributed by atoms with Gasteiger partial charge in [-0.2, -0.15) is 0 Å². The summed E-state index contributed by atoms with van der Waals surface area (Å²) in [5.74, 6) is 3.43. The first kappa shape index (κ1) is 19.0. The summed E-state index contributed by atoms with van der Waals surface area (Å²) in [6.45, 7) is 3.77. The van der Waals surface area contributed by atoms with Gasteiger partial charge in [0.15, 0.2) is 11.8 Å². The lowest BCUT2D eigenvalue weighted by Crippen LogP contribution is -2.41. The molecular formula is C22H26N6O. The van der Waals surface area contributed by atoms with Crippen molar-refractivity contribution in [3.05, 3.63) is 77.4 Å². The molecule has 1 aromatic heterocycles. The number of fused-ring (bicyclic) bond motifs is 1. The highest BCUT2D eigenvalue weighted by Gasteiger charge is 2.22. The Kier molecular flexibility index (Phi) is 5.74. The first-order chi connectivity index (χ1) is 14.2. The molecule has 29 heavy (non-hydrogen) atoms. The van der Waals surface area contributed by atoms with Crippen LogP contribution in [0, 0.1) is 6.92 Å². The summed E-state index contributed by atoms with van der Waals surface area (Å²) in [6.07, 6.45) is 0.881. The molecule has 0 amide bonds. The van der Waals surface area contributed by atoms with Crippen molar-refractivity contribution in [1.82, 2.24) is 25.4 Å². The van der Waals surface area contributed by atoms with Gasteiger partial charge in [0.1, 0.15) is 11.6 Å². The average molecular weight is 390 g/mol. The third-order valence-electron chi connectivity index (χ3n) is 5.13. The molecule has 0 fully saturated rings. The second kappa shape index (κ2) is 8.77. The van der Waals surface area contributed by atoms with E-state index in [2.05, 4.69) is 39.0 Å². The number of nitrogens with zero attached hydrogens (tertiary/aromatic N) is 4. The van der Waals surface area contributed by atoms with Gasteiger partial charge in [0.2, 0.25) is 0 Å². The van der Waals surface area contributed by atoms with Crippen molar-refractivity contribution in [1.29, 1.82) is 0 Å². The van der Waals surface area contributed by atoms with Crippen molar-refractivity contribution in [2.75, 3.05) is 6.61 Å². The maximum absolute atomic E-state index is 5.79. The topological polar surface area (TPSA) is 76.4 Å². The standard InChI is InChI=1S/C22H26N6O/c1-16-26-27-21(28(16)2)15-24-22(23-14-17-8-4-3-5-9-17)25-19-12-13-29-20-11-7-6-10-18(19)20/h3-11,19H,12-15H2,1-2H3,(H2,23,24,25). The van der Waals surface area contributed by atoms with E-state index in [4.69, 9.17) is 9.73 Å². The largest absolute Gasteiger partial charge is 0.493 e. The smallest absolute Gasteiger partial charge is 0.192 e. The van der Waals surface area contributed by atoms with E-state index >= 15 is 0 Å². The summed E-state index contributed by atoms with van der Waals surface area (Å²) in [5.41, 5.74) is 2.32. The number of aromatic nitrogens is 3. The van der Waals surface area contributed by atoms with Crippen molar-refractivity contribution in [2.45, 2.75) is 32.5 Å². The molecule has 150 valence electrons. The fourth-order valence-electron chi connectivity index (χ4n) is 3.33. The van der Waals surface area contributed by atoms with Gasteiger partial charge in [0.25, 0.3) is 0 Å². The number of hydrogen-bond donors (Lipinski definition) is 2. The average Bonchev–Trinajstić information content (AvgIpc) is 3.08. The Bertz CT molecular complexity index is 982. The van der Waals surface area contributed by atoms with Gasteiger partial charge in [-0.15, -0.1) is 10.2 Å². The van der Waals surface area contributed by atoms with Gasteiger partial charge in [0.05, 0.1) is 25.7 Å². The second-order valence-electron chi connectivity index (χ2n) is 7.10. The first-order valence-electron chi connectivity index (χ1n) is 9.86. The number of hydrogen-bond acceptors (Lipinski definition) is 4. The van der Waals surface area contributed by atoms with E-state index in [1.54, 1.807) is 0 Å². The molecule has 7 heteroatoms. The number of ether oxygens (including phenoxy) is 1. The zero-order valence-corrected chi connectivity index (χ0v) is 16.8. The summed E-state index contributed by atoms with van der Waals surface area (Å²) < 4.78 is 7.77. The Morgan fingerprint density at radius 3 is 2.72 bits per heavy atom. The molecule has 0 saturated carbocycles. The molecule has 2 heterocycles. The lowest BCUT2D eigenvalue weighted by Gasteiger charge is -2.28. The molecule has 2 aromatic carbocycles. The van der Waals surface area contributed by atoms with E-state index in [-0.39, 0.29) is 6.04 Å². The Morgan fingerprint density at radius 1 is 1.14 bits per heavy atom. The molecule has 0 aliphatic carbocycles. The molecule has 0 radical (unpaired) electrons. The minimum Gasteiger partial charge on any atom is -0.493 e. The Morgan fingerprint density at radius 2 is 1.93 bits per heavy atom. The van der Waals surface area contributed by atoms with Crippen LogP contribution in [0.15, 0.2) is 59.6 Å². The fourth-order valence-corrected chi connectivity index (χ4v) is 3.33. The fraction of sp³-hybridized carbons (Fsp3) is 0.318. The molecule has 1 aliphatic heterocycles. The monoisotopic (exact) mass is 390 g/mol. The maximum atomic E-state index is 5.79. The van der Waals surface area contributed by atoms with Gasteiger partial charge in [-0.3, -0.25) is 0 Å². The van der Waals surface area contributed by atoms with Crippen LogP contribution in [0.3, 0.4) is 0 Å². The lowest BCUT2D eigenvalue weighted by molar-refractivity contribution is 0.261. The van der Waals surface area contributed by atoms with Crippen LogP contribution in [0.25, 0.3) is 0 Å². The zero-order valence-electron chi connectivity index (χ0n) is 16.8.